The standard InChI is InChI=1S/C18H24N4O2/c1-12-10-15-14(18(20-12)21(2)11-17(23)24)4-3-5-16(15)22-8-6-13(19)7-9-22/h3-5,10,13H,6-9,11,19H2,1-2H3,(H,23,24). The third-order valence-corrected chi connectivity index (χ3v) is 4.57. The van der Waals surface area contributed by atoms with Crippen molar-refractivity contribution in [2.24, 2.45) is 5.73 Å². The first-order valence-corrected chi connectivity index (χ1v) is 8.29. The van der Waals surface area contributed by atoms with E-state index in [0.717, 1.165) is 42.4 Å². The zero-order valence-corrected chi connectivity index (χ0v) is 14.2. The zero-order chi connectivity index (χ0) is 17.3. The van der Waals surface area contributed by atoms with Gasteiger partial charge in [-0.05, 0) is 31.9 Å². The highest BCUT2D eigenvalue weighted by molar-refractivity contribution is 6.01. The van der Waals surface area contributed by atoms with Crippen LogP contribution in [0.3, 0.4) is 0 Å². The molecule has 3 N–H and O–H groups in total. The summed E-state index contributed by atoms with van der Waals surface area (Å²) in [5, 5.41) is 11.2. The van der Waals surface area contributed by atoms with Crippen molar-refractivity contribution in [3.63, 3.8) is 0 Å². The summed E-state index contributed by atoms with van der Waals surface area (Å²) < 4.78 is 0. The van der Waals surface area contributed by atoms with Crippen LogP contribution in [0.1, 0.15) is 18.5 Å². The van der Waals surface area contributed by atoms with E-state index in [4.69, 9.17) is 10.8 Å². The molecule has 6 heteroatoms. The van der Waals surface area contributed by atoms with Crippen molar-refractivity contribution < 1.29 is 9.90 Å². The van der Waals surface area contributed by atoms with Crippen molar-refractivity contribution in [2.45, 2.75) is 25.8 Å². The number of aromatic nitrogens is 1. The van der Waals surface area contributed by atoms with Crippen LogP contribution < -0.4 is 15.5 Å². The Labute approximate surface area is 141 Å². The number of nitrogens with two attached hydrogens (primary N) is 1. The largest absolute Gasteiger partial charge is 0.480 e. The Kier molecular flexibility index (Phi) is 4.57. The zero-order valence-electron chi connectivity index (χ0n) is 14.2. The van der Waals surface area contributed by atoms with Gasteiger partial charge in [-0.15, -0.1) is 0 Å². The van der Waals surface area contributed by atoms with Crippen molar-refractivity contribution >= 4 is 28.2 Å². The molecule has 24 heavy (non-hydrogen) atoms. The van der Waals surface area contributed by atoms with Gasteiger partial charge in [0.1, 0.15) is 12.4 Å². The quantitative estimate of drug-likeness (QED) is 0.893. The lowest BCUT2D eigenvalue weighted by Gasteiger charge is -2.33. The monoisotopic (exact) mass is 328 g/mol. The summed E-state index contributed by atoms with van der Waals surface area (Å²) in [5.41, 5.74) is 8.08. The molecule has 0 radical (unpaired) electrons. The average molecular weight is 328 g/mol. The molecule has 2 aromatic rings. The highest BCUT2D eigenvalue weighted by Gasteiger charge is 2.20. The van der Waals surface area contributed by atoms with E-state index in [0.29, 0.717) is 5.82 Å². The molecule has 128 valence electrons. The van der Waals surface area contributed by atoms with E-state index in [1.165, 1.54) is 5.69 Å². The lowest BCUT2D eigenvalue weighted by Crippen LogP contribution is -2.39. The average Bonchev–Trinajstić information content (AvgIpc) is 2.53. The van der Waals surface area contributed by atoms with E-state index in [1.54, 1.807) is 11.9 Å². The van der Waals surface area contributed by atoms with Crippen LogP contribution in [0.25, 0.3) is 10.8 Å². The van der Waals surface area contributed by atoms with Crippen LogP contribution in [0.2, 0.25) is 0 Å². The Morgan fingerprint density at radius 1 is 1.38 bits per heavy atom. The molecule has 1 aromatic heterocycles. The molecule has 0 saturated carbocycles. The van der Waals surface area contributed by atoms with Crippen LogP contribution in [0, 0.1) is 6.92 Å². The van der Waals surface area contributed by atoms with E-state index >= 15 is 0 Å². The molecular weight excluding hydrogens is 304 g/mol. The Hall–Kier alpha value is -2.34. The maximum Gasteiger partial charge on any atom is 0.323 e. The predicted octanol–water partition coefficient (Wildman–Crippen LogP) is 1.99. The highest BCUT2D eigenvalue weighted by atomic mass is 16.4. The number of carboxylic acids is 1. The summed E-state index contributed by atoms with van der Waals surface area (Å²) in [7, 11) is 1.77. The molecule has 0 bridgehead atoms. The number of carboxylic acid groups (broad SMARTS) is 1. The minimum absolute atomic E-state index is 0.0751. The summed E-state index contributed by atoms with van der Waals surface area (Å²) in [5.74, 6) is -0.155. The normalized spacial score (nSPS) is 15.7. The Bertz CT molecular complexity index is 754. The van der Waals surface area contributed by atoms with Gasteiger partial charge >= 0.3 is 5.97 Å². The van der Waals surface area contributed by atoms with E-state index in [1.807, 2.05) is 19.1 Å². The summed E-state index contributed by atoms with van der Waals surface area (Å²) in [6.45, 7) is 3.76. The van der Waals surface area contributed by atoms with Gasteiger partial charge in [0.25, 0.3) is 0 Å². The number of rotatable bonds is 4. The number of piperidine rings is 1. The molecular formula is C18H24N4O2. The first-order valence-electron chi connectivity index (χ1n) is 8.29. The van der Waals surface area contributed by atoms with Crippen molar-refractivity contribution in [3.05, 3.63) is 30.0 Å². The van der Waals surface area contributed by atoms with Crippen LogP contribution >= 0.6 is 0 Å². The third kappa shape index (κ3) is 3.28. The van der Waals surface area contributed by atoms with Gasteiger partial charge in [-0.2, -0.15) is 0 Å². The van der Waals surface area contributed by atoms with Crippen molar-refractivity contribution in [2.75, 3.05) is 36.5 Å². The maximum absolute atomic E-state index is 11.1. The molecule has 0 aliphatic carbocycles. The molecule has 0 unspecified atom stereocenters. The molecule has 6 nitrogen and oxygen atoms in total. The smallest absolute Gasteiger partial charge is 0.323 e. The molecule has 1 saturated heterocycles. The summed E-state index contributed by atoms with van der Waals surface area (Å²) in [6.07, 6.45) is 1.98. The maximum atomic E-state index is 11.1. The predicted molar refractivity (Wildman–Crippen MR) is 96.8 cm³/mol. The van der Waals surface area contributed by atoms with Crippen LogP contribution in [-0.2, 0) is 4.79 Å². The molecule has 0 atom stereocenters. The van der Waals surface area contributed by atoms with Crippen molar-refractivity contribution in [3.8, 4) is 0 Å². The first kappa shape index (κ1) is 16.5. The number of hydrogen-bond acceptors (Lipinski definition) is 5. The molecule has 2 heterocycles. The van der Waals surface area contributed by atoms with Gasteiger partial charge in [-0.1, -0.05) is 12.1 Å². The molecule has 1 fully saturated rings. The van der Waals surface area contributed by atoms with Crippen LogP contribution in [0.15, 0.2) is 24.3 Å². The van der Waals surface area contributed by atoms with Gasteiger partial charge in [0.05, 0.1) is 0 Å². The number of benzene rings is 1. The van der Waals surface area contributed by atoms with Gasteiger partial charge in [0.15, 0.2) is 0 Å². The van der Waals surface area contributed by atoms with Gasteiger partial charge in [0.2, 0.25) is 0 Å². The Morgan fingerprint density at radius 2 is 2.08 bits per heavy atom. The number of anilines is 2. The molecule has 1 aromatic carbocycles. The minimum Gasteiger partial charge on any atom is -0.480 e. The fraction of sp³-hybridized carbons (Fsp3) is 0.444. The molecule has 1 aliphatic heterocycles. The summed E-state index contributed by atoms with van der Waals surface area (Å²) >= 11 is 0. The fourth-order valence-corrected chi connectivity index (χ4v) is 3.35. The lowest BCUT2D eigenvalue weighted by molar-refractivity contribution is -0.135. The van der Waals surface area contributed by atoms with Gasteiger partial charge in [-0.25, -0.2) is 4.98 Å². The molecule has 0 amide bonds. The molecule has 3 rings (SSSR count). The number of fused-ring (bicyclic) bond motifs is 1. The SMILES string of the molecule is Cc1cc2c(N3CCC(N)CC3)cccc2c(N(C)CC(=O)O)n1. The molecule has 1 aliphatic rings. The van der Waals surface area contributed by atoms with Crippen molar-refractivity contribution in [1.29, 1.82) is 0 Å². The van der Waals surface area contributed by atoms with Crippen LogP contribution in [0.4, 0.5) is 11.5 Å². The number of carbonyl (C=O) groups is 1. The number of aliphatic carboxylic acids is 1. The summed E-state index contributed by atoms with van der Waals surface area (Å²) in [4.78, 5) is 19.7. The highest BCUT2D eigenvalue weighted by Crippen LogP contribution is 2.33. The molecule has 0 spiro atoms. The second kappa shape index (κ2) is 6.65. The topological polar surface area (TPSA) is 82.7 Å². The number of aryl methyl sites for hydroxylation is 1. The third-order valence-electron chi connectivity index (χ3n) is 4.57. The lowest BCUT2D eigenvalue weighted by atomic mass is 10.0. The fourth-order valence-electron chi connectivity index (χ4n) is 3.35. The number of hydrogen-bond donors (Lipinski definition) is 2. The van der Waals surface area contributed by atoms with E-state index in [-0.39, 0.29) is 12.6 Å². The number of nitrogens with zero attached hydrogens (tertiary/aromatic N) is 3. The number of likely N-dealkylation sites (N-methyl/N-ethyl adjacent to an activating group) is 1. The van der Waals surface area contributed by atoms with E-state index < -0.39 is 5.97 Å². The Morgan fingerprint density at radius 3 is 2.75 bits per heavy atom. The van der Waals surface area contributed by atoms with Crippen LogP contribution in [-0.4, -0.2) is 48.8 Å². The van der Waals surface area contributed by atoms with E-state index in [2.05, 4.69) is 22.0 Å². The van der Waals surface area contributed by atoms with Gasteiger partial charge in [-0.3, -0.25) is 4.79 Å². The number of pyridine rings is 1. The summed E-state index contributed by atoms with van der Waals surface area (Å²) in [6, 6.07) is 8.52. The second-order valence-electron chi connectivity index (χ2n) is 6.53. The van der Waals surface area contributed by atoms with Gasteiger partial charge < -0.3 is 20.6 Å². The van der Waals surface area contributed by atoms with Gasteiger partial charge in [0, 0.05) is 48.3 Å². The first-order chi connectivity index (χ1) is 11.5. The second-order valence-corrected chi connectivity index (χ2v) is 6.53. The van der Waals surface area contributed by atoms with E-state index in [9.17, 15) is 4.79 Å². The minimum atomic E-state index is -0.866. The van der Waals surface area contributed by atoms with Crippen molar-refractivity contribution in [1.82, 2.24) is 4.98 Å². The van der Waals surface area contributed by atoms with Crippen LogP contribution in [0.5, 0.6) is 0 Å². The Balaban J connectivity index is 2.06.